The summed E-state index contributed by atoms with van der Waals surface area (Å²) in [6.07, 6.45) is 2.54. The lowest BCUT2D eigenvalue weighted by molar-refractivity contribution is -0.120. The summed E-state index contributed by atoms with van der Waals surface area (Å²) in [4.78, 5) is 34.8. The number of amides is 2. The molecule has 0 aromatic carbocycles. The van der Waals surface area contributed by atoms with Crippen molar-refractivity contribution in [1.29, 1.82) is 0 Å². The molecule has 0 aliphatic carbocycles. The highest BCUT2D eigenvalue weighted by atomic mass is 32.1. The van der Waals surface area contributed by atoms with Gasteiger partial charge in [-0.05, 0) is 30.9 Å². The van der Waals surface area contributed by atoms with E-state index in [4.69, 9.17) is 0 Å². The van der Waals surface area contributed by atoms with Crippen LogP contribution in [0.5, 0.6) is 0 Å². The Bertz CT molecular complexity index is 829. The van der Waals surface area contributed by atoms with Crippen LogP contribution in [0, 0.1) is 5.92 Å². The second kappa shape index (κ2) is 8.36. The van der Waals surface area contributed by atoms with Crippen molar-refractivity contribution in [2.45, 2.75) is 45.3 Å². The number of likely N-dealkylation sites (tertiary alicyclic amines) is 1. The molecule has 2 N–H and O–H groups in total. The van der Waals surface area contributed by atoms with Crippen LogP contribution >= 0.6 is 11.3 Å². The summed E-state index contributed by atoms with van der Waals surface area (Å²) in [5.74, 6) is -0.0936. The number of pyridine rings is 1. The summed E-state index contributed by atoms with van der Waals surface area (Å²) in [5.41, 5.74) is 0.0341. The zero-order chi connectivity index (χ0) is 20.3. The standard InChI is InChI=1S/C20H26N4O3S/c1-13(2)17(22-14(3)25)18-23-15(12-28-18)19(26)24-10-7-20(27,8-11-24)16-6-4-5-9-21-16/h4-6,9,12-13,17,27H,7-8,10-11H2,1-3H3,(H,22,25)/t17-/m0/s1. The predicted octanol–water partition coefficient (Wildman–Crippen LogP) is 2.50. The number of piperidine rings is 1. The summed E-state index contributed by atoms with van der Waals surface area (Å²) in [6, 6.07) is 5.28. The van der Waals surface area contributed by atoms with Gasteiger partial charge in [0.1, 0.15) is 16.3 Å². The maximum atomic E-state index is 12.9. The molecule has 3 rings (SSSR count). The van der Waals surface area contributed by atoms with Gasteiger partial charge >= 0.3 is 0 Å². The van der Waals surface area contributed by atoms with Crippen LogP contribution < -0.4 is 5.32 Å². The molecule has 3 heterocycles. The first kappa shape index (κ1) is 20.4. The Hall–Kier alpha value is -2.32. The molecule has 0 unspecified atom stereocenters. The summed E-state index contributed by atoms with van der Waals surface area (Å²) in [5, 5.41) is 16.3. The molecular formula is C20H26N4O3S. The molecule has 28 heavy (non-hydrogen) atoms. The Kier molecular flexibility index (Phi) is 6.10. The smallest absolute Gasteiger partial charge is 0.273 e. The molecule has 150 valence electrons. The van der Waals surface area contributed by atoms with Gasteiger partial charge in [-0.25, -0.2) is 4.98 Å². The second-order valence-electron chi connectivity index (χ2n) is 7.53. The van der Waals surface area contributed by atoms with Crippen molar-refractivity contribution in [3.05, 3.63) is 46.2 Å². The fourth-order valence-corrected chi connectivity index (χ4v) is 4.41. The molecule has 0 bridgehead atoms. The minimum atomic E-state index is -1.00. The highest BCUT2D eigenvalue weighted by molar-refractivity contribution is 7.09. The SMILES string of the molecule is CC(=O)N[C@H](c1nc(C(=O)N2CCC(O)(c3ccccn3)CC2)cs1)C(C)C. The topological polar surface area (TPSA) is 95.4 Å². The van der Waals surface area contributed by atoms with Gasteiger partial charge in [0.05, 0.1) is 11.7 Å². The van der Waals surface area contributed by atoms with E-state index in [9.17, 15) is 14.7 Å². The number of carbonyl (C=O) groups is 2. The molecule has 2 aromatic heterocycles. The Morgan fingerprint density at radius 2 is 2.00 bits per heavy atom. The molecule has 1 aliphatic rings. The Labute approximate surface area is 168 Å². The quantitative estimate of drug-likeness (QED) is 0.801. The van der Waals surface area contributed by atoms with E-state index in [1.54, 1.807) is 16.5 Å². The molecule has 1 saturated heterocycles. The molecule has 0 saturated carbocycles. The van der Waals surface area contributed by atoms with Crippen LogP contribution in [0.4, 0.5) is 0 Å². The first-order valence-corrected chi connectivity index (χ1v) is 10.3. The maximum Gasteiger partial charge on any atom is 0.273 e. The van der Waals surface area contributed by atoms with Crippen molar-refractivity contribution in [2.24, 2.45) is 5.92 Å². The summed E-state index contributed by atoms with van der Waals surface area (Å²) >= 11 is 1.38. The molecule has 7 nitrogen and oxygen atoms in total. The van der Waals surface area contributed by atoms with Gasteiger partial charge in [0.2, 0.25) is 5.91 Å². The predicted molar refractivity (Wildman–Crippen MR) is 107 cm³/mol. The maximum absolute atomic E-state index is 12.9. The number of thiazole rings is 1. The number of aliphatic hydroxyl groups is 1. The molecule has 2 aromatic rings. The van der Waals surface area contributed by atoms with E-state index in [0.29, 0.717) is 37.3 Å². The van der Waals surface area contributed by atoms with Gasteiger partial charge < -0.3 is 15.3 Å². The third-order valence-electron chi connectivity index (χ3n) is 5.05. The van der Waals surface area contributed by atoms with Crippen LogP contribution in [-0.2, 0) is 10.4 Å². The van der Waals surface area contributed by atoms with E-state index in [2.05, 4.69) is 15.3 Å². The van der Waals surface area contributed by atoms with Crippen molar-refractivity contribution in [3.8, 4) is 0 Å². The van der Waals surface area contributed by atoms with Crippen LogP contribution in [0.3, 0.4) is 0 Å². The van der Waals surface area contributed by atoms with E-state index >= 15 is 0 Å². The molecule has 1 fully saturated rings. The van der Waals surface area contributed by atoms with Crippen LogP contribution in [0.1, 0.15) is 60.8 Å². The monoisotopic (exact) mass is 402 g/mol. The van der Waals surface area contributed by atoms with E-state index in [1.165, 1.54) is 18.3 Å². The lowest BCUT2D eigenvalue weighted by atomic mass is 9.87. The Morgan fingerprint density at radius 1 is 1.29 bits per heavy atom. The molecule has 1 atom stereocenters. The van der Waals surface area contributed by atoms with Crippen LogP contribution in [-0.4, -0.2) is 44.9 Å². The average Bonchev–Trinajstić information content (AvgIpc) is 3.16. The Balaban J connectivity index is 1.67. The fourth-order valence-electron chi connectivity index (χ4n) is 3.40. The summed E-state index contributed by atoms with van der Waals surface area (Å²) in [6.45, 7) is 6.38. The van der Waals surface area contributed by atoms with Crippen molar-refractivity contribution in [2.75, 3.05) is 13.1 Å². The summed E-state index contributed by atoms with van der Waals surface area (Å²) in [7, 11) is 0. The highest BCUT2D eigenvalue weighted by Crippen LogP contribution is 2.32. The largest absolute Gasteiger partial charge is 0.383 e. The minimum Gasteiger partial charge on any atom is -0.383 e. The molecule has 0 spiro atoms. The third kappa shape index (κ3) is 4.39. The molecule has 0 radical (unpaired) electrons. The van der Waals surface area contributed by atoms with Crippen molar-refractivity contribution in [1.82, 2.24) is 20.2 Å². The molecular weight excluding hydrogens is 376 g/mol. The van der Waals surface area contributed by atoms with E-state index in [-0.39, 0.29) is 23.8 Å². The first-order valence-electron chi connectivity index (χ1n) is 9.46. The zero-order valence-corrected chi connectivity index (χ0v) is 17.2. The lowest BCUT2D eigenvalue weighted by Crippen LogP contribution is -2.45. The van der Waals surface area contributed by atoms with Gasteiger partial charge in [0.25, 0.3) is 5.91 Å². The van der Waals surface area contributed by atoms with Crippen molar-refractivity contribution >= 4 is 23.2 Å². The number of hydrogen-bond acceptors (Lipinski definition) is 6. The van der Waals surface area contributed by atoms with Crippen LogP contribution in [0.2, 0.25) is 0 Å². The van der Waals surface area contributed by atoms with Crippen molar-refractivity contribution < 1.29 is 14.7 Å². The number of nitrogens with one attached hydrogen (secondary N) is 1. The average molecular weight is 403 g/mol. The third-order valence-corrected chi connectivity index (χ3v) is 5.98. The van der Waals surface area contributed by atoms with Gasteiger partial charge in [0.15, 0.2) is 0 Å². The van der Waals surface area contributed by atoms with Gasteiger partial charge in [-0.2, -0.15) is 0 Å². The number of hydrogen-bond donors (Lipinski definition) is 2. The van der Waals surface area contributed by atoms with Gasteiger partial charge in [-0.1, -0.05) is 19.9 Å². The van der Waals surface area contributed by atoms with Crippen LogP contribution in [0.25, 0.3) is 0 Å². The first-order chi connectivity index (χ1) is 13.3. The highest BCUT2D eigenvalue weighted by Gasteiger charge is 2.37. The number of aromatic nitrogens is 2. The van der Waals surface area contributed by atoms with Gasteiger partial charge in [-0.3, -0.25) is 14.6 Å². The van der Waals surface area contributed by atoms with Crippen LogP contribution in [0.15, 0.2) is 29.8 Å². The van der Waals surface area contributed by atoms with E-state index in [1.807, 2.05) is 32.0 Å². The van der Waals surface area contributed by atoms with Gasteiger partial charge in [-0.15, -0.1) is 11.3 Å². The fraction of sp³-hybridized carbons (Fsp3) is 0.500. The zero-order valence-electron chi connectivity index (χ0n) is 16.4. The number of nitrogens with zero attached hydrogens (tertiary/aromatic N) is 3. The molecule has 8 heteroatoms. The summed E-state index contributed by atoms with van der Waals surface area (Å²) < 4.78 is 0. The van der Waals surface area contributed by atoms with Crippen molar-refractivity contribution in [3.63, 3.8) is 0 Å². The van der Waals surface area contributed by atoms with E-state index < -0.39 is 5.60 Å². The Morgan fingerprint density at radius 3 is 2.57 bits per heavy atom. The lowest BCUT2D eigenvalue weighted by Gasteiger charge is -2.37. The van der Waals surface area contributed by atoms with Gasteiger partial charge in [0, 0.05) is 31.6 Å². The molecule has 2 amide bonds. The molecule has 1 aliphatic heterocycles. The normalized spacial score (nSPS) is 17.4. The minimum absolute atomic E-state index is 0.119. The number of rotatable bonds is 5. The number of carbonyl (C=O) groups excluding carboxylic acids is 2. The van der Waals surface area contributed by atoms with E-state index in [0.717, 1.165) is 5.01 Å². The second-order valence-corrected chi connectivity index (χ2v) is 8.42.